The van der Waals surface area contributed by atoms with E-state index in [9.17, 15) is 4.79 Å². The summed E-state index contributed by atoms with van der Waals surface area (Å²) >= 11 is 11.5. The van der Waals surface area contributed by atoms with Crippen LogP contribution in [0, 0.1) is 0 Å². The highest BCUT2D eigenvalue weighted by atomic mass is 35.5. The molecule has 0 heterocycles. The van der Waals surface area contributed by atoms with Gasteiger partial charge in [-0.1, -0.05) is 29.3 Å². The SMILES string of the molecule is CC(=O)Nc1cccc(Cl)c1Cl.Cl. The summed E-state index contributed by atoms with van der Waals surface area (Å²) < 4.78 is 0. The van der Waals surface area contributed by atoms with Crippen LogP contribution in [0.3, 0.4) is 0 Å². The number of carbonyl (C=O) groups excluding carboxylic acids is 1. The number of hydrogen-bond donors (Lipinski definition) is 1. The molecule has 0 bridgehead atoms. The van der Waals surface area contributed by atoms with E-state index in [-0.39, 0.29) is 18.3 Å². The van der Waals surface area contributed by atoms with E-state index in [1.807, 2.05) is 0 Å². The van der Waals surface area contributed by atoms with Gasteiger partial charge in [0, 0.05) is 6.92 Å². The van der Waals surface area contributed by atoms with Crippen molar-refractivity contribution in [2.24, 2.45) is 0 Å². The third-order valence-electron chi connectivity index (χ3n) is 1.26. The first kappa shape index (κ1) is 12.6. The Bertz CT molecular complexity index is 314. The molecule has 0 saturated heterocycles. The minimum absolute atomic E-state index is 0. The Labute approximate surface area is 92.6 Å². The molecule has 0 aromatic heterocycles. The monoisotopic (exact) mass is 239 g/mol. The first-order valence-electron chi connectivity index (χ1n) is 3.33. The molecule has 5 heteroatoms. The van der Waals surface area contributed by atoms with E-state index in [0.29, 0.717) is 15.7 Å². The van der Waals surface area contributed by atoms with Crippen molar-refractivity contribution in [3.05, 3.63) is 28.2 Å². The zero-order chi connectivity index (χ0) is 9.14. The lowest BCUT2D eigenvalue weighted by Gasteiger charge is -2.04. The fraction of sp³-hybridized carbons (Fsp3) is 0.125. The van der Waals surface area contributed by atoms with Crippen molar-refractivity contribution in [3.63, 3.8) is 0 Å². The van der Waals surface area contributed by atoms with Crippen molar-refractivity contribution in [2.45, 2.75) is 6.92 Å². The van der Waals surface area contributed by atoms with Crippen molar-refractivity contribution in [3.8, 4) is 0 Å². The summed E-state index contributed by atoms with van der Waals surface area (Å²) in [6, 6.07) is 5.07. The topological polar surface area (TPSA) is 29.1 Å². The summed E-state index contributed by atoms with van der Waals surface area (Å²) in [4.78, 5) is 10.7. The largest absolute Gasteiger partial charge is 0.325 e. The van der Waals surface area contributed by atoms with Gasteiger partial charge >= 0.3 is 0 Å². The normalized spacial score (nSPS) is 8.85. The van der Waals surface area contributed by atoms with Crippen LogP contribution in [-0.4, -0.2) is 5.91 Å². The van der Waals surface area contributed by atoms with Crippen LogP contribution in [0.25, 0.3) is 0 Å². The van der Waals surface area contributed by atoms with Gasteiger partial charge in [0.15, 0.2) is 0 Å². The minimum atomic E-state index is -0.167. The predicted molar refractivity (Wildman–Crippen MR) is 58.0 cm³/mol. The number of amides is 1. The molecule has 1 aromatic rings. The van der Waals surface area contributed by atoms with Crippen LogP contribution in [0.2, 0.25) is 10.0 Å². The van der Waals surface area contributed by atoms with Crippen molar-refractivity contribution >= 4 is 47.2 Å². The Morgan fingerprint density at radius 3 is 2.54 bits per heavy atom. The molecule has 0 unspecified atom stereocenters. The highest BCUT2D eigenvalue weighted by molar-refractivity contribution is 6.43. The molecule has 1 N–H and O–H groups in total. The molecule has 0 aliphatic heterocycles. The first-order valence-corrected chi connectivity index (χ1v) is 4.08. The van der Waals surface area contributed by atoms with E-state index in [2.05, 4.69) is 5.32 Å². The van der Waals surface area contributed by atoms with Crippen molar-refractivity contribution in [1.29, 1.82) is 0 Å². The summed E-state index contributed by atoms with van der Waals surface area (Å²) in [6.07, 6.45) is 0. The molecular weight excluding hydrogens is 232 g/mol. The van der Waals surface area contributed by atoms with Crippen molar-refractivity contribution in [2.75, 3.05) is 5.32 Å². The smallest absolute Gasteiger partial charge is 0.221 e. The highest BCUT2D eigenvalue weighted by Gasteiger charge is 2.04. The van der Waals surface area contributed by atoms with Gasteiger partial charge in [0.25, 0.3) is 0 Å². The second-order valence-electron chi connectivity index (χ2n) is 2.28. The minimum Gasteiger partial charge on any atom is -0.325 e. The molecule has 0 aliphatic rings. The Hall–Kier alpha value is -0.440. The van der Waals surface area contributed by atoms with Crippen LogP contribution < -0.4 is 5.32 Å². The summed E-state index contributed by atoms with van der Waals surface area (Å²) in [6.45, 7) is 1.41. The average Bonchev–Trinajstić information content (AvgIpc) is 1.98. The molecule has 0 aliphatic carbocycles. The summed E-state index contributed by atoms with van der Waals surface area (Å²) in [5.74, 6) is -0.167. The van der Waals surface area contributed by atoms with Gasteiger partial charge < -0.3 is 5.32 Å². The Morgan fingerprint density at radius 2 is 2.00 bits per heavy atom. The molecule has 72 valence electrons. The Kier molecular flexibility index (Phi) is 5.14. The molecule has 0 spiro atoms. The fourth-order valence-corrected chi connectivity index (χ4v) is 1.14. The van der Waals surface area contributed by atoms with Crippen LogP contribution in [0.5, 0.6) is 0 Å². The fourth-order valence-electron chi connectivity index (χ4n) is 0.790. The van der Waals surface area contributed by atoms with Gasteiger partial charge in [-0.05, 0) is 12.1 Å². The maximum atomic E-state index is 10.7. The van der Waals surface area contributed by atoms with E-state index in [4.69, 9.17) is 23.2 Å². The van der Waals surface area contributed by atoms with Crippen LogP contribution in [0.1, 0.15) is 6.92 Å². The third kappa shape index (κ3) is 3.43. The lowest BCUT2D eigenvalue weighted by molar-refractivity contribution is -0.114. The standard InChI is InChI=1S/C8H7Cl2NO.ClH/c1-5(12)11-7-4-2-3-6(9)8(7)10;/h2-4H,1H3,(H,11,12);1H. The number of anilines is 1. The van der Waals surface area contributed by atoms with Gasteiger partial charge in [-0.2, -0.15) is 0 Å². The van der Waals surface area contributed by atoms with Gasteiger partial charge in [-0.3, -0.25) is 4.79 Å². The lowest BCUT2D eigenvalue weighted by atomic mass is 10.3. The first-order chi connectivity index (χ1) is 5.61. The molecule has 2 nitrogen and oxygen atoms in total. The summed E-state index contributed by atoms with van der Waals surface area (Å²) in [5.41, 5.74) is 0.539. The third-order valence-corrected chi connectivity index (χ3v) is 2.08. The molecule has 1 aromatic carbocycles. The van der Waals surface area contributed by atoms with Gasteiger partial charge in [-0.15, -0.1) is 12.4 Å². The molecule has 0 atom stereocenters. The molecule has 1 amide bonds. The van der Waals surface area contributed by atoms with E-state index in [0.717, 1.165) is 0 Å². The number of benzene rings is 1. The van der Waals surface area contributed by atoms with Crippen LogP contribution in [0.15, 0.2) is 18.2 Å². The molecule has 0 radical (unpaired) electrons. The maximum Gasteiger partial charge on any atom is 0.221 e. The van der Waals surface area contributed by atoms with Gasteiger partial charge in [-0.25, -0.2) is 0 Å². The van der Waals surface area contributed by atoms with E-state index in [1.54, 1.807) is 18.2 Å². The van der Waals surface area contributed by atoms with E-state index >= 15 is 0 Å². The van der Waals surface area contributed by atoms with E-state index < -0.39 is 0 Å². The summed E-state index contributed by atoms with van der Waals surface area (Å²) in [5, 5.41) is 3.36. The molecular formula is C8H8Cl3NO. The number of nitrogens with one attached hydrogen (secondary N) is 1. The number of halogens is 3. The Morgan fingerprint density at radius 1 is 1.38 bits per heavy atom. The molecule has 1 rings (SSSR count). The lowest BCUT2D eigenvalue weighted by Crippen LogP contribution is -2.05. The zero-order valence-electron chi connectivity index (χ0n) is 6.80. The second-order valence-corrected chi connectivity index (χ2v) is 3.07. The van der Waals surface area contributed by atoms with Gasteiger partial charge in [0.2, 0.25) is 5.91 Å². The average molecular weight is 241 g/mol. The van der Waals surface area contributed by atoms with E-state index in [1.165, 1.54) is 6.92 Å². The van der Waals surface area contributed by atoms with Gasteiger partial charge in [0.1, 0.15) is 0 Å². The maximum absolute atomic E-state index is 10.7. The molecule has 13 heavy (non-hydrogen) atoms. The zero-order valence-corrected chi connectivity index (χ0v) is 9.13. The summed E-state index contributed by atoms with van der Waals surface area (Å²) in [7, 11) is 0. The van der Waals surface area contributed by atoms with Crippen molar-refractivity contribution in [1.82, 2.24) is 0 Å². The molecule has 0 saturated carbocycles. The Balaban J connectivity index is 0.00000144. The van der Waals surface area contributed by atoms with Crippen LogP contribution >= 0.6 is 35.6 Å². The quantitative estimate of drug-likeness (QED) is 0.801. The molecule has 0 fully saturated rings. The number of rotatable bonds is 1. The van der Waals surface area contributed by atoms with Crippen LogP contribution in [0.4, 0.5) is 5.69 Å². The van der Waals surface area contributed by atoms with Crippen LogP contribution in [-0.2, 0) is 4.79 Å². The number of carbonyl (C=O) groups is 1. The number of hydrogen-bond acceptors (Lipinski definition) is 1. The predicted octanol–water partition coefficient (Wildman–Crippen LogP) is 3.37. The highest BCUT2D eigenvalue weighted by Crippen LogP contribution is 2.29. The second kappa shape index (κ2) is 5.32. The van der Waals surface area contributed by atoms with Gasteiger partial charge in [0.05, 0.1) is 15.7 Å². The van der Waals surface area contributed by atoms with Crippen molar-refractivity contribution < 1.29 is 4.79 Å².